The van der Waals surface area contributed by atoms with Gasteiger partial charge < -0.3 is 9.98 Å². The Morgan fingerprint density at radius 1 is 1.42 bits per heavy atom. The number of allylic oxidation sites excluding steroid dienone is 7. The first-order valence-corrected chi connectivity index (χ1v) is 11.4. The van der Waals surface area contributed by atoms with Gasteiger partial charge in [-0.2, -0.15) is 36.8 Å². The van der Waals surface area contributed by atoms with Gasteiger partial charge in [-0.05, 0) is 41.8 Å². The Hall–Kier alpha value is -2.39. The summed E-state index contributed by atoms with van der Waals surface area (Å²) in [5, 5.41) is 0.227. The van der Waals surface area contributed by atoms with E-state index in [9.17, 15) is 0 Å². The molecule has 0 amide bonds. The minimum absolute atomic E-state index is 0. The maximum absolute atomic E-state index is 7.75. The second kappa shape index (κ2) is 13.3. The molecule has 0 N–H and O–H groups in total. The van der Waals surface area contributed by atoms with E-state index in [2.05, 4.69) is 60.8 Å². The number of aliphatic imine (C=N–C) groups is 2. The third-order valence-corrected chi connectivity index (χ3v) is 6.62. The third-order valence-electron chi connectivity index (χ3n) is 5.30. The van der Waals surface area contributed by atoms with Crippen molar-refractivity contribution in [3.8, 4) is 0 Å². The number of benzene rings is 1. The van der Waals surface area contributed by atoms with Crippen LogP contribution in [-0.2, 0) is 20.1 Å². The predicted molar refractivity (Wildman–Crippen MR) is 141 cm³/mol. The molecule has 2 nitrogen and oxygen atoms in total. The molecule has 2 unspecified atom stereocenters. The Balaban J connectivity index is 0.000000295. The molecule has 2 heterocycles. The monoisotopic (exact) mass is 635 g/mol. The van der Waals surface area contributed by atoms with Gasteiger partial charge in [-0.15, -0.1) is 30.5 Å². The average Bonchev–Trinajstić information content (AvgIpc) is 3.29. The van der Waals surface area contributed by atoms with Crippen molar-refractivity contribution in [3.05, 3.63) is 121 Å². The third kappa shape index (κ3) is 7.04. The van der Waals surface area contributed by atoms with E-state index in [1.807, 2.05) is 30.5 Å². The summed E-state index contributed by atoms with van der Waals surface area (Å²) in [7, 11) is 0. The van der Waals surface area contributed by atoms with Crippen LogP contribution in [0.5, 0.6) is 0 Å². The fourth-order valence-corrected chi connectivity index (χ4v) is 4.99. The molecular weight excluding hydrogens is 601 g/mol. The summed E-state index contributed by atoms with van der Waals surface area (Å²) in [5.74, 6) is 0.0449. The van der Waals surface area contributed by atoms with E-state index in [0.29, 0.717) is 5.70 Å². The van der Waals surface area contributed by atoms with Crippen molar-refractivity contribution in [2.45, 2.75) is 42.2 Å². The first-order valence-electron chi connectivity index (χ1n) is 12.7. The summed E-state index contributed by atoms with van der Waals surface area (Å²) in [6, 6.07) is 7.87. The van der Waals surface area contributed by atoms with E-state index in [4.69, 9.17) is 5.48 Å². The van der Waals surface area contributed by atoms with Crippen LogP contribution >= 0.6 is 11.8 Å². The van der Waals surface area contributed by atoms with E-state index in [0.717, 1.165) is 49.2 Å². The molecule has 3 aliphatic rings. The summed E-state index contributed by atoms with van der Waals surface area (Å²) >= 11 is 1.77. The molecule has 4 heteroatoms. The number of thioether (sulfide) groups is 1. The molecule has 0 bridgehead atoms. The fourth-order valence-electron chi connectivity index (χ4n) is 3.63. The first-order chi connectivity index (χ1) is 17.4. The molecular formula is C29H30IrN2S-2. The normalized spacial score (nSPS) is 23.3. The van der Waals surface area contributed by atoms with Crippen molar-refractivity contribution < 1.29 is 25.6 Å². The maximum Gasteiger partial charge on any atom is 0.0826 e. The van der Waals surface area contributed by atoms with Crippen LogP contribution in [0.15, 0.2) is 118 Å². The van der Waals surface area contributed by atoms with Crippen molar-refractivity contribution in [2.75, 3.05) is 0 Å². The molecule has 173 valence electrons. The molecule has 2 atom stereocenters. The molecule has 0 fully saturated rings. The zero-order chi connectivity index (χ0) is 26.1. The van der Waals surface area contributed by atoms with Crippen molar-refractivity contribution in [3.63, 3.8) is 0 Å². The Kier molecular flexibility index (Phi) is 8.56. The molecule has 33 heavy (non-hydrogen) atoms. The van der Waals surface area contributed by atoms with E-state index >= 15 is 0 Å². The van der Waals surface area contributed by atoms with Gasteiger partial charge >= 0.3 is 0 Å². The summed E-state index contributed by atoms with van der Waals surface area (Å²) in [6.45, 7) is 11.6. The standard InChI is InChI=1S/C17H14NS.C12H16N.Ir/c1-3-11-18-12(2)13-8-6-10-16-17(13)14-7-4-5-9-15(14)19-16;1-4-5-6-11(3)12-8-7-10(2)9-13-12;/h3-7,9-11,16-17H,1-2H2;4,6,9H,1,3,5,7-8H2,2H3;/q2*-1;/i1D,2D,3D,11D;;. The van der Waals surface area contributed by atoms with Gasteiger partial charge in [0.15, 0.2) is 0 Å². The van der Waals surface area contributed by atoms with E-state index in [1.54, 1.807) is 11.8 Å². The zero-order valence-corrected chi connectivity index (χ0v) is 21.9. The van der Waals surface area contributed by atoms with Crippen LogP contribution in [0.2, 0.25) is 0 Å². The van der Waals surface area contributed by atoms with Crippen LogP contribution in [0.25, 0.3) is 0 Å². The van der Waals surface area contributed by atoms with E-state index in [1.165, 1.54) is 16.0 Å². The molecule has 1 aromatic rings. The Morgan fingerprint density at radius 3 is 3.00 bits per heavy atom. The summed E-state index contributed by atoms with van der Waals surface area (Å²) in [6.07, 6.45) is 15.6. The number of hydrogen-bond donors (Lipinski definition) is 0. The van der Waals surface area contributed by atoms with Crippen molar-refractivity contribution in [1.29, 1.82) is 0 Å². The molecule has 0 saturated heterocycles. The largest absolute Gasteiger partial charge is 0.325 e. The Labute approximate surface area is 222 Å². The first kappa shape index (κ1) is 21.2. The van der Waals surface area contributed by atoms with Gasteiger partial charge in [-0.25, -0.2) is 0 Å². The number of nitrogens with zero attached hydrogens (tertiary/aromatic N) is 2. The molecule has 4 rings (SSSR count). The Bertz CT molecular complexity index is 1220. The van der Waals surface area contributed by atoms with Crippen LogP contribution in [0.4, 0.5) is 0 Å². The molecule has 1 aromatic carbocycles. The van der Waals surface area contributed by atoms with Crippen molar-refractivity contribution >= 4 is 23.7 Å². The second-order valence-electron chi connectivity index (χ2n) is 7.57. The van der Waals surface area contributed by atoms with Crippen LogP contribution < -0.4 is 0 Å². The molecule has 1 aliphatic carbocycles. The van der Waals surface area contributed by atoms with Gasteiger partial charge in [0.2, 0.25) is 0 Å². The van der Waals surface area contributed by atoms with Crippen LogP contribution in [-0.4, -0.2) is 17.2 Å². The smallest absolute Gasteiger partial charge is 0.0826 e. The minimum Gasteiger partial charge on any atom is -0.325 e. The molecule has 0 spiro atoms. The molecule has 1 radical (unpaired) electrons. The Morgan fingerprint density at radius 2 is 2.27 bits per heavy atom. The van der Waals surface area contributed by atoms with Crippen molar-refractivity contribution in [2.24, 2.45) is 9.98 Å². The minimum atomic E-state index is -0.321. The van der Waals surface area contributed by atoms with Crippen LogP contribution in [0.1, 0.15) is 43.2 Å². The quantitative estimate of drug-likeness (QED) is 0.171. The number of fused-ring (bicyclic) bond motifs is 3. The zero-order valence-electron chi connectivity index (χ0n) is 22.7. The summed E-state index contributed by atoms with van der Waals surface area (Å²) < 4.78 is 29.9. The number of hydrogen-bond acceptors (Lipinski definition) is 3. The number of rotatable bonds is 7. The maximum atomic E-state index is 7.75. The summed E-state index contributed by atoms with van der Waals surface area (Å²) in [5.41, 5.74) is 5.76. The van der Waals surface area contributed by atoms with E-state index < -0.39 is 0 Å². The van der Waals surface area contributed by atoms with Gasteiger partial charge in [0.25, 0.3) is 0 Å². The van der Waals surface area contributed by atoms with Gasteiger partial charge in [0.05, 0.1) is 4.11 Å². The average molecular weight is 635 g/mol. The van der Waals surface area contributed by atoms with Gasteiger partial charge in [0.1, 0.15) is 0 Å². The molecule has 0 saturated carbocycles. The second-order valence-corrected chi connectivity index (χ2v) is 8.79. The SMILES string of the molecule is C=CC[CH-]C(=C)C1=NC=C(C)CC1.[2H]C=C([2H])C([2H])=NC(=C[2H])C1=[C-]C=CC2Sc3ccccc3C12.[Ir]. The van der Waals surface area contributed by atoms with Crippen LogP contribution in [0, 0.1) is 12.5 Å². The van der Waals surface area contributed by atoms with Crippen LogP contribution in [0.3, 0.4) is 0 Å². The van der Waals surface area contributed by atoms with Gasteiger partial charge in [0, 0.05) is 38.8 Å². The van der Waals surface area contributed by atoms with Crippen molar-refractivity contribution in [1.82, 2.24) is 0 Å². The molecule has 2 aliphatic heterocycles. The van der Waals surface area contributed by atoms with Gasteiger partial charge in [-0.3, -0.25) is 0 Å². The summed E-state index contributed by atoms with van der Waals surface area (Å²) in [4.78, 5) is 9.62. The predicted octanol–water partition coefficient (Wildman–Crippen LogP) is 7.77. The van der Waals surface area contributed by atoms with E-state index in [-0.39, 0.29) is 43.5 Å². The van der Waals surface area contributed by atoms with Gasteiger partial charge in [-0.1, -0.05) is 61.0 Å². The molecule has 0 aromatic heterocycles. The fraction of sp³-hybridized carbons (Fsp3) is 0.207. The topological polar surface area (TPSA) is 24.7 Å².